The molecule has 0 unspecified atom stereocenters. The predicted octanol–water partition coefficient (Wildman–Crippen LogP) is 3.17. The van der Waals surface area contributed by atoms with E-state index in [-0.39, 0.29) is 0 Å². The smallest absolute Gasteiger partial charge is 0.120 e. The third kappa shape index (κ3) is 3.14. The zero-order valence-corrected chi connectivity index (χ0v) is 9.56. The van der Waals surface area contributed by atoms with E-state index in [0.717, 1.165) is 28.5 Å². The van der Waals surface area contributed by atoms with Gasteiger partial charge in [-0.1, -0.05) is 6.92 Å². The molecule has 3 heteroatoms. The summed E-state index contributed by atoms with van der Waals surface area (Å²) in [7, 11) is 0. The second-order valence-corrected chi connectivity index (χ2v) is 4.12. The maximum atomic E-state index is 5.85. The van der Waals surface area contributed by atoms with Crippen LogP contribution >= 0.6 is 11.8 Å². The van der Waals surface area contributed by atoms with Crippen molar-refractivity contribution in [1.29, 1.82) is 0 Å². The van der Waals surface area contributed by atoms with Crippen molar-refractivity contribution in [2.45, 2.75) is 25.2 Å². The molecule has 0 fully saturated rings. The molecule has 2 N–H and O–H groups in total. The fourth-order valence-corrected chi connectivity index (χ4v) is 1.97. The van der Waals surface area contributed by atoms with Gasteiger partial charge in [0.1, 0.15) is 5.75 Å². The molecule has 0 aliphatic rings. The van der Waals surface area contributed by atoms with Gasteiger partial charge in [0.05, 0.1) is 6.61 Å². The van der Waals surface area contributed by atoms with Gasteiger partial charge in [0.15, 0.2) is 0 Å². The molecule has 0 atom stereocenters. The fraction of sp³-hybridized carbons (Fsp3) is 0.455. The van der Waals surface area contributed by atoms with Gasteiger partial charge >= 0.3 is 0 Å². The van der Waals surface area contributed by atoms with Gasteiger partial charge in [-0.3, -0.25) is 0 Å². The van der Waals surface area contributed by atoms with Crippen molar-refractivity contribution in [3.05, 3.63) is 18.2 Å². The highest BCUT2D eigenvalue weighted by Gasteiger charge is 2.01. The number of thioether (sulfide) groups is 1. The Balaban J connectivity index is 2.74. The zero-order valence-electron chi connectivity index (χ0n) is 8.75. The summed E-state index contributed by atoms with van der Waals surface area (Å²) in [5.74, 6) is 2.00. The number of hydrogen-bond acceptors (Lipinski definition) is 3. The van der Waals surface area contributed by atoms with Crippen LogP contribution in [0.3, 0.4) is 0 Å². The van der Waals surface area contributed by atoms with Crippen LogP contribution < -0.4 is 10.5 Å². The van der Waals surface area contributed by atoms with Crippen molar-refractivity contribution in [3.63, 3.8) is 0 Å². The molecular formula is C11H17NOS. The maximum Gasteiger partial charge on any atom is 0.120 e. The van der Waals surface area contributed by atoms with E-state index in [4.69, 9.17) is 10.5 Å². The van der Waals surface area contributed by atoms with E-state index >= 15 is 0 Å². The molecule has 0 heterocycles. The number of benzene rings is 1. The summed E-state index contributed by atoms with van der Waals surface area (Å²) in [6.07, 6.45) is 1.16. The molecule has 0 aromatic heterocycles. The zero-order chi connectivity index (χ0) is 10.4. The minimum absolute atomic E-state index is 0.696. The SMILES string of the molecule is CCCSc1cc(OCC)ccc1N. The van der Waals surface area contributed by atoms with E-state index < -0.39 is 0 Å². The van der Waals surface area contributed by atoms with Crippen LogP contribution in [0.25, 0.3) is 0 Å². The van der Waals surface area contributed by atoms with Crippen molar-refractivity contribution in [2.24, 2.45) is 0 Å². The quantitative estimate of drug-likeness (QED) is 0.600. The van der Waals surface area contributed by atoms with Crippen LogP contribution in [0.2, 0.25) is 0 Å². The molecule has 0 bridgehead atoms. The van der Waals surface area contributed by atoms with Gasteiger partial charge in [0.25, 0.3) is 0 Å². The summed E-state index contributed by atoms with van der Waals surface area (Å²) in [4.78, 5) is 1.12. The van der Waals surface area contributed by atoms with Crippen molar-refractivity contribution in [1.82, 2.24) is 0 Å². The second-order valence-electron chi connectivity index (χ2n) is 2.98. The Morgan fingerprint density at radius 2 is 2.14 bits per heavy atom. The van der Waals surface area contributed by atoms with Gasteiger partial charge in [-0.15, -0.1) is 11.8 Å². The predicted molar refractivity (Wildman–Crippen MR) is 63.0 cm³/mol. The van der Waals surface area contributed by atoms with Gasteiger partial charge < -0.3 is 10.5 Å². The van der Waals surface area contributed by atoms with Crippen molar-refractivity contribution in [2.75, 3.05) is 18.1 Å². The third-order valence-corrected chi connectivity index (χ3v) is 3.03. The number of ether oxygens (including phenoxy) is 1. The number of nitrogen functional groups attached to an aromatic ring is 1. The Morgan fingerprint density at radius 3 is 2.79 bits per heavy atom. The first-order valence-electron chi connectivity index (χ1n) is 4.93. The highest BCUT2D eigenvalue weighted by Crippen LogP contribution is 2.29. The van der Waals surface area contributed by atoms with Crippen LogP contribution in [-0.4, -0.2) is 12.4 Å². The average Bonchev–Trinajstić information content (AvgIpc) is 2.19. The van der Waals surface area contributed by atoms with E-state index in [0.29, 0.717) is 6.61 Å². The molecule has 0 saturated heterocycles. The van der Waals surface area contributed by atoms with E-state index in [9.17, 15) is 0 Å². The first-order valence-corrected chi connectivity index (χ1v) is 5.91. The van der Waals surface area contributed by atoms with Crippen molar-refractivity contribution in [3.8, 4) is 5.75 Å². The highest BCUT2D eigenvalue weighted by atomic mass is 32.2. The Hall–Kier alpha value is -0.830. The molecule has 0 amide bonds. The minimum Gasteiger partial charge on any atom is -0.494 e. The van der Waals surface area contributed by atoms with E-state index in [2.05, 4.69) is 6.92 Å². The van der Waals surface area contributed by atoms with Crippen LogP contribution in [0.15, 0.2) is 23.1 Å². The monoisotopic (exact) mass is 211 g/mol. The van der Waals surface area contributed by atoms with E-state index in [1.54, 1.807) is 11.8 Å². The average molecular weight is 211 g/mol. The first-order chi connectivity index (χ1) is 6.77. The third-order valence-electron chi connectivity index (χ3n) is 1.76. The Morgan fingerprint density at radius 1 is 1.36 bits per heavy atom. The van der Waals surface area contributed by atoms with Gasteiger partial charge in [-0.25, -0.2) is 0 Å². The molecule has 14 heavy (non-hydrogen) atoms. The maximum absolute atomic E-state index is 5.85. The number of rotatable bonds is 5. The lowest BCUT2D eigenvalue weighted by Crippen LogP contribution is -1.94. The molecule has 1 aromatic carbocycles. The van der Waals surface area contributed by atoms with Crippen LogP contribution in [-0.2, 0) is 0 Å². The molecule has 78 valence electrons. The Kier molecular flexibility index (Phi) is 4.66. The number of hydrogen-bond donors (Lipinski definition) is 1. The van der Waals surface area contributed by atoms with E-state index in [1.165, 1.54) is 0 Å². The molecular weight excluding hydrogens is 194 g/mol. The van der Waals surface area contributed by atoms with Crippen LogP contribution in [0.4, 0.5) is 5.69 Å². The Bertz CT molecular complexity index is 289. The molecule has 0 saturated carbocycles. The minimum atomic E-state index is 0.696. The molecule has 2 nitrogen and oxygen atoms in total. The molecule has 0 spiro atoms. The van der Waals surface area contributed by atoms with Crippen LogP contribution in [0.5, 0.6) is 5.75 Å². The largest absolute Gasteiger partial charge is 0.494 e. The van der Waals surface area contributed by atoms with Gasteiger partial charge in [0, 0.05) is 10.6 Å². The normalized spacial score (nSPS) is 10.1. The summed E-state index contributed by atoms with van der Waals surface area (Å²) in [6.45, 7) is 4.84. The molecule has 1 aromatic rings. The number of nitrogens with two attached hydrogens (primary N) is 1. The van der Waals surface area contributed by atoms with Gasteiger partial charge in [0.2, 0.25) is 0 Å². The van der Waals surface area contributed by atoms with Crippen molar-refractivity contribution >= 4 is 17.4 Å². The Labute approximate surface area is 89.8 Å². The fourth-order valence-electron chi connectivity index (χ4n) is 1.11. The summed E-state index contributed by atoms with van der Waals surface area (Å²) in [6, 6.07) is 5.83. The van der Waals surface area contributed by atoms with Gasteiger partial charge in [-0.05, 0) is 37.3 Å². The summed E-state index contributed by atoms with van der Waals surface area (Å²) in [5, 5.41) is 0. The summed E-state index contributed by atoms with van der Waals surface area (Å²) in [5.41, 5.74) is 6.69. The summed E-state index contributed by atoms with van der Waals surface area (Å²) >= 11 is 1.78. The standard InChI is InChI=1S/C11H17NOS/c1-3-7-14-11-8-9(13-4-2)5-6-10(11)12/h5-6,8H,3-4,7,12H2,1-2H3. The number of anilines is 1. The molecule has 0 aliphatic heterocycles. The lowest BCUT2D eigenvalue weighted by atomic mass is 10.3. The van der Waals surface area contributed by atoms with Crippen LogP contribution in [0, 0.1) is 0 Å². The lowest BCUT2D eigenvalue weighted by Gasteiger charge is -2.08. The van der Waals surface area contributed by atoms with Gasteiger partial charge in [-0.2, -0.15) is 0 Å². The van der Waals surface area contributed by atoms with Crippen LogP contribution in [0.1, 0.15) is 20.3 Å². The summed E-state index contributed by atoms with van der Waals surface area (Å²) < 4.78 is 5.41. The lowest BCUT2D eigenvalue weighted by molar-refractivity contribution is 0.339. The molecule has 0 radical (unpaired) electrons. The molecule has 1 rings (SSSR count). The molecule has 0 aliphatic carbocycles. The topological polar surface area (TPSA) is 35.2 Å². The van der Waals surface area contributed by atoms with Crippen molar-refractivity contribution < 1.29 is 4.74 Å². The highest BCUT2D eigenvalue weighted by molar-refractivity contribution is 7.99. The second kappa shape index (κ2) is 5.81. The van der Waals surface area contributed by atoms with E-state index in [1.807, 2.05) is 25.1 Å². The first kappa shape index (κ1) is 11.2.